The van der Waals surface area contributed by atoms with Crippen molar-refractivity contribution >= 4 is 0 Å². The molecule has 1 heterocycles. The molecule has 112 valence electrons. The highest BCUT2D eigenvalue weighted by atomic mass is 19.4. The molecule has 2 N–H and O–H groups in total. The minimum atomic E-state index is -4.44. The standard InChI is InChI=1S/C14H19F3N2O/c1-9(18)10-2-4-11(5-3-10)20-12-6-7-19-13(8-12)14(15,16)17/h6-11H,2-5,18H2,1H3/t9?,10-,11-. The molecule has 1 aromatic heterocycles. The summed E-state index contributed by atoms with van der Waals surface area (Å²) in [7, 11) is 0. The van der Waals surface area contributed by atoms with Crippen LogP contribution in [0, 0.1) is 5.92 Å². The SMILES string of the molecule is CC(N)[C@H]1CC[C@H](Oc2ccnc(C(F)(F)F)c2)CC1. The lowest BCUT2D eigenvalue weighted by atomic mass is 9.83. The van der Waals surface area contributed by atoms with Crippen LogP contribution in [0.5, 0.6) is 5.75 Å². The molecule has 1 saturated carbocycles. The molecule has 0 saturated heterocycles. The van der Waals surface area contributed by atoms with Gasteiger partial charge in [0.05, 0.1) is 6.10 Å². The molecule has 1 aliphatic rings. The van der Waals surface area contributed by atoms with E-state index in [1.165, 1.54) is 6.07 Å². The highest BCUT2D eigenvalue weighted by Gasteiger charge is 2.33. The van der Waals surface area contributed by atoms with Gasteiger partial charge in [-0.2, -0.15) is 13.2 Å². The first-order chi connectivity index (χ1) is 9.36. The third-order valence-corrected chi connectivity index (χ3v) is 3.79. The summed E-state index contributed by atoms with van der Waals surface area (Å²) in [5.41, 5.74) is 4.94. The maximum atomic E-state index is 12.6. The van der Waals surface area contributed by atoms with Crippen LogP contribution in [0.4, 0.5) is 13.2 Å². The van der Waals surface area contributed by atoms with Crippen molar-refractivity contribution in [2.24, 2.45) is 11.7 Å². The predicted octanol–water partition coefficient (Wildman–Crippen LogP) is 3.39. The number of ether oxygens (including phenoxy) is 1. The Morgan fingerprint density at radius 2 is 1.95 bits per heavy atom. The summed E-state index contributed by atoms with van der Waals surface area (Å²) >= 11 is 0. The zero-order chi connectivity index (χ0) is 14.8. The largest absolute Gasteiger partial charge is 0.490 e. The van der Waals surface area contributed by atoms with Gasteiger partial charge in [-0.3, -0.25) is 4.98 Å². The first-order valence-electron chi connectivity index (χ1n) is 6.81. The average Bonchev–Trinajstić information content (AvgIpc) is 2.38. The molecule has 0 radical (unpaired) electrons. The van der Waals surface area contributed by atoms with Crippen LogP contribution in [-0.2, 0) is 6.18 Å². The molecule has 1 aliphatic carbocycles. The monoisotopic (exact) mass is 288 g/mol. The van der Waals surface area contributed by atoms with Gasteiger partial charge in [0.25, 0.3) is 0 Å². The maximum Gasteiger partial charge on any atom is 0.433 e. The van der Waals surface area contributed by atoms with Gasteiger partial charge in [-0.15, -0.1) is 0 Å². The van der Waals surface area contributed by atoms with Crippen LogP contribution in [0.3, 0.4) is 0 Å². The minimum Gasteiger partial charge on any atom is -0.490 e. The number of halogens is 3. The Labute approximate surface area is 116 Å². The molecule has 2 rings (SSSR count). The molecule has 0 aliphatic heterocycles. The zero-order valence-corrected chi connectivity index (χ0v) is 11.4. The number of hydrogen-bond acceptors (Lipinski definition) is 3. The van der Waals surface area contributed by atoms with E-state index < -0.39 is 11.9 Å². The van der Waals surface area contributed by atoms with Crippen LogP contribution >= 0.6 is 0 Å². The second-order valence-corrected chi connectivity index (χ2v) is 5.39. The Morgan fingerprint density at radius 1 is 1.30 bits per heavy atom. The summed E-state index contributed by atoms with van der Waals surface area (Å²) < 4.78 is 43.3. The summed E-state index contributed by atoms with van der Waals surface area (Å²) in [5, 5.41) is 0. The summed E-state index contributed by atoms with van der Waals surface area (Å²) in [6, 6.07) is 2.58. The van der Waals surface area contributed by atoms with Crippen molar-refractivity contribution in [2.75, 3.05) is 0 Å². The van der Waals surface area contributed by atoms with E-state index in [-0.39, 0.29) is 17.9 Å². The molecule has 20 heavy (non-hydrogen) atoms. The fourth-order valence-corrected chi connectivity index (χ4v) is 2.56. The van der Waals surface area contributed by atoms with Gasteiger partial charge >= 0.3 is 6.18 Å². The molecular formula is C14H19F3N2O. The Hall–Kier alpha value is -1.30. The van der Waals surface area contributed by atoms with Crippen molar-refractivity contribution in [3.05, 3.63) is 24.0 Å². The second-order valence-electron chi connectivity index (χ2n) is 5.39. The first kappa shape index (κ1) is 15.1. The van der Waals surface area contributed by atoms with Crippen molar-refractivity contribution in [3.8, 4) is 5.75 Å². The van der Waals surface area contributed by atoms with E-state index in [1.54, 1.807) is 0 Å². The molecule has 0 spiro atoms. The minimum absolute atomic E-state index is 0.0338. The number of rotatable bonds is 3. The topological polar surface area (TPSA) is 48.1 Å². The normalized spacial score (nSPS) is 25.2. The lowest BCUT2D eigenvalue weighted by molar-refractivity contribution is -0.141. The molecule has 0 bridgehead atoms. The fourth-order valence-electron chi connectivity index (χ4n) is 2.56. The lowest BCUT2D eigenvalue weighted by Crippen LogP contribution is -2.33. The number of hydrogen-bond donors (Lipinski definition) is 1. The van der Waals surface area contributed by atoms with Crippen molar-refractivity contribution in [1.82, 2.24) is 4.98 Å². The molecule has 1 atom stereocenters. The predicted molar refractivity (Wildman–Crippen MR) is 69.3 cm³/mol. The highest BCUT2D eigenvalue weighted by Crippen LogP contribution is 2.32. The molecule has 1 aromatic rings. The highest BCUT2D eigenvalue weighted by molar-refractivity contribution is 5.24. The summed E-state index contributed by atoms with van der Waals surface area (Å²) in [5.74, 6) is 0.717. The van der Waals surface area contributed by atoms with Crippen LogP contribution in [0.2, 0.25) is 0 Å². The molecule has 6 heteroatoms. The van der Waals surface area contributed by atoms with Crippen LogP contribution in [0.15, 0.2) is 18.3 Å². The van der Waals surface area contributed by atoms with E-state index in [0.717, 1.165) is 37.9 Å². The zero-order valence-electron chi connectivity index (χ0n) is 11.4. The van der Waals surface area contributed by atoms with Gasteiger partial charge in [-0.05, 0) is 44.6 Å². The van der Waals surface area contributed by atoms with Gasteiger partial charge in [0, 0.05) is 18.3 Å². The molecule has 1 unspecified atom stereocenters. The van der Waals surface area contributed by atoms with Crippen LogP contribution in [0.1, 0.15) is 38.3 Å². The Bertz CT molecular complexity index is 440. The van der Waals surface area contributed by atoms with E-state index in [9.17, 15) is 13.2 Å². The van der Waals surface area contributed by atoms with E-state index in [1.807, 2.05) is 6.92 Å². The van der Waals surface area contributed by atoms with Crippen LogP contribution in [0.25, 0.3) is 0 Å². The Balaban J connectivity index is 1.95. The Kier molecular flexibility index (Phi) is 4.52. The van der Waals surface area contributed by atoms with E-state index in [0.29, 0.717) is 5.92 Å². The van der Waals surface area contributed by atoms with Crippen molar-refractivity contribution in [3.63, 3.8) is 0 Å². The maximum absolute atomic E-state index is 12.6. The number of nitrogens with zero attached hydrogens (tertiary/aromatic N) is 1. The average molecular weight is 288 g/mol. The quantitative estimate of drug-likeness (QED) is 0.927. The van der Waals surface area contributed by atoms with Gasteiger partial charge in [0.1, 0.15) is 11.4 Å². The van der Waals surface area contributed by atoms with Crippen molar-refractivity contribution in [1.29, 1.82) is 0 Å². The van der Waals surface area contributed by atoms with E-state index >= 15 is 0 Å². The summed E-state index contributed by atoms with van der Waals surface area (Å²) in [4.78, 5) is 3.32. The molecule has 0 aromatic carbocycles. The Morgan fingerprint density at radius 3 is 2.50 bits per heavy atom. The number of alkyl halides is 3. The third kappa shape index (κ3) is 3.85. The molecular weight excluding hydrogens is 269 g/mol. The number of pyridine rings is 1. The van der Waals surface area contributed by atoms with Gasteiger partial charge < -0.3 is 10.5 Å². The molecule has 3 nitrogen and oxygen atoms in total. The van der Waals surface area contributed by atoms with E-state index in [4.69, 9.17) is 10.5 Å². The fraction of sp³-hybridized carbons (Fsp3) is 0.643. The lowest BCUT2D eigenvalue weighted by Gasteiger charge is -2.31. The van der Waals surface area contributed by atoms with Crippen LogP contribution in [-0.4, -0.2) is 17.1 Å². The van der Waals surface area contributed by atoms with Crippen molar-refractivity contribution < 1.29 is 17.9 Å². The van der Waals surface area contributed by atoms with Gasteiger partial charge in [0.15, 0.2) is 0 Å². The summed E-state index contributed by atoms with van der Waals surface area (Å²) in [6.07, 6.45) is 0.233. The van der Waals surface area contributed by atoms with Crippen molar-refractivity contribution in [2.45, 2.75) is 50.9 Å². The number of aromatic nitrogens is 1. The van der Waals surface area contributed by atoms with E-state index in [2.05, 4.69) is 4.98 Å². The van der Waals surface area contributed by atoms with Gasteiger partial charge in [-0.1, -0.05) is 0 Å². The first-order valence-corrected chi connectivity index (χ1v) is 6.81. The summed E-state index contributed by atoms with van der Waals surface area (Å²) in [6.45, 7) is 1.99. The van der Waals surface area contributed by atoms with Gasteiger partial charge in [-0.25, -0.2) is 0 Å². The molecule has 0 amide bonds. The third-order valence-electron chi connectivity index (χ3n) is 3.79. The number of nitrogens with two attached hydrogens (primary N) is 1. The van der Waals surface area contributed by atoms with Crippen LogP contribution < -0.4 is 10.5 Å². The second kappa shape index (κ2) is 5.99. The smallest absolute Gasteiger partial charge is 0.433 e. The van der Waals surface area contributed by atoms with Gasteiger partial charge in [0.2, 0.25) is 0 Å². The molecule has 1 fully saturated rings.